The molecule has 0 saturated heterocycles. The number of carbonyl (C=O) groups is 3. The number of hydrogen-bond donors (Lipinski definition) is 0. The normalized spacial score (nSPS) is 41.1. The lowest BCUT2D eigenvalue weighted by Crippen LogP contribution is -2.58. The van der Waals surface area contributed by atoms with Crippen molar-refractivity contribution in [1.29, 1.82) is 0 Å². The summed E-state index contributed by atoms with van der Waals surface area (Å²) in [6.07, 6.45) is 9.30. The molecule has 4 heteroatoms. The molecule has 4 aliphatic carbocycles. The standard InChI is InChI=1S/C25H34O4/c1-5-6-23(28)29-25(16(3)26)15(2)13-22-21-9-7-17-14-18(27)8-10-19(17)20(21)11-12-24(22,25)4/h14,19-22H,2,5-13H2,1,3-4H3/t19-,20+,21+,22-,24-,25-/m0/s1. The molecule has 0 radical (unpaired) electrons. The van der Waals surface area contributed by atoms with Gasteiger partial charge in [0.05, 0.1) is 0 Å². The van der Waals surface area contributed by atoms with Gasteiger partial charge in [-0.15, -0.1) is 0 Å². The van der Waals surface area contributed by atoms with E-state index in [0.29, 0.717) is 42.9 Å². The lowest BCUT2D eigenvalue weighted by Gasteiger charge is -2.55. The van der Waals surface area contributed by atoms with Gasteiger partial charge in [0.15, 0.2) is 17.2 Å². The molecule has 0 amide bonds. The molecule has 0 bridgehead atoms. The number of hydrogen-bond acceptors (Lipinski definition) is 4. The Morgan fingerprint density at radius 2 is 1.97 bits per heavy atom. The number of carbonyl (C=O) groups excluding carboxylic acids is 3. The average Bonchev–Trinajstić information content (AvgIpc) is 2.89. The van der Waals surface area contributed by atoms with Crippen LogP contribution in [0.5, 0.6) is 0 Å². The van der Waals surface area contributed by atoms with E-state index < -0.39 is 5.60 Å². The Morgan fingerprint density at radius 3 is 2.66 bits per heavy atom. The number of fused-ring (bicyclic) bond motifs is 5. The monoisotopic (exact) mass is 398 g/mol. The summed E-state index contributed by atoms with van der Waals surface area (Å²) in [4.78, 5) is 37.4. The van der Waals surface area contributed by atoms with E-state index in [4.69, 9.17) is 4.74 Å². The molecule has 0 aromatic heterocycles. The maximum absolute atomic E-state index is 13.0. The van der Waals surface area contributed by atoms with Crippen molar-refractivity contribution in [3.05, 3.63) is 23.8 Å². The molecular formula is C25H34O4. The van der Waals surface area contributed by atoms with Crippen LogP contribution in [0.1, 0.15) is 78.6 Å². The van der Waals surface area contributed by atoms with Crippen LogP contribution in [0.15, 0.2) is 23.8 Å². The Kier molecular flexibility index (Phi) is 5.11. The minimum Gasteiger partial charge on any atom is -0.446 e. The third kappa shape index (κ3) is 2.89. The fourth-order valence-electron chi connectivity index (χ4n) is 7.47. The van der Waals surface area contributed by atoms with Crippen LogP contribution >= 0.6 is 0 Å². The highest BCUT2D eigenvalue weighted by molar-refractivity contribution is 5.93. The highest BCUT2D eigenvalue weighted by Crippen LogP contribution is 2.67. The lowest BCUT2D eigenvalue weighted by molar-refractivity contribution is -0.182. The molecule has 4 rings (SSSR count). The van der Waals surface area contributed by atoms with E-state index in [0.717, 1.165) is 44.1 Å². The minimum atomic E-state index is -1.17. The van der Waals surface area contributed by atoms with Crippen LogP contribution in [-0.4, -0.2) is 23.1 Å². The number of allylic oxidation sites excluding steroid dienone is 1. The summed E-state index contributed by atoms with van der Waals surface area (Å²) < 4.78 is 6.04. The number of ketones is 2. The zero-order chi connectivity index (χ0) is 21.0. The SMILES string of the molecule is C=C1C[C@H]2[C@@H]3CCC4=CC(=O)CC[C@@H]4[C@H]3CC[C@]2(C)[C@@]1(OC(=O)CCC)C(C)=O. The highest BCUT2D eigenvalue weighted by atomic mass is 16.6. The van der Waals surface area contributed by atoms with Gasteiger partial charge in [-0.3, -0.25) is 14.4 Å². The van der Waals surface area contributed by atoms with Gasteiger partial charge in [0.2, 0.25) is 0 Å². The second kappa shape index (κ2) is 7.21. The molecular weight excluding hydrogens is 364 g/mol. The smallest absolute Gasteiger partial charge is 0.307 e. The molecule has 0 aromatic rings. The summed E-state index contributed by atoms with van der Waals surface area (Å²) in [5, 5.41) is 0. The van der Waals surface area contributed by atoms with Crippen LogP contribution in [0.3, 0.4) is 0 Å². The van der Waals surface area contributed by atoms with Crippen LogP contribution < -0.4 is 0 Å². The fourth-order valence-corrected chi connectivity index (χ4v) is 7.47. The van der Waals surface area contributed by atoms with E-state index >= 15 is 0 Å². The second-order valence-corrected chi connectivity index (χ2v) is 10.0. The van der Waals surface area contributed by atoms with Crippen molar-refractivity contribution in [2.24, 2.45) is 29.1 Å². The minimum absolute atomic E-state index is 0.0740. The van der Waals surface area contributed by atoms with Gasteiger partial charge < -0.3 is 4.74 Å². The first-order chi connectivity index (χ1) is 13.7. The molecule has 0 aliphatic heterocycles. The van der Waals surface area contributed by atoms with E-state index in [2.05, 4.69) is 13.5 Å². The molecule has 3 fully saturated rings. The molecule has 0 N–H and O–H groups in total. The quantitative estimate of drug-likeness (QED) is 0.496. The number of rotatable bonds is 4. The van der Waals surface area contributed by atoms with E-state index in [1.165, 1.54) is 5.57 Å². The molecule has 3 saturated carbocycles. The number of esters is 1. The van der Waals surface area contributed by atoms with Crippen LogP contribution in [0.4, 0.5) is 0 Å². The van der Waals surface area contributed by atoms with E-state index in [1.54, 1.807) is 6.92 Å². The molecule has 4 aliphatic rings. The van der Waals surface area contributed by atoms with Crippen LogP contribution in [0, 0.1) is 29.1 Å². The Balaban J connectivity index is 1.68. The van der Waals surface area contributed by atoms with Gasteiger partial charge in [-0.05, 0) is 87.2 Å². The molecule has 0 aromatic carbocycles. The van der Waals surface area contributed by atoms with Crippen molar-refractivity contribution in [3.63, 3.8) is 0 Å². The zero-order valence-electron chi connectivity index (χ0n) is 18.1. The Morgan fingerprint density at radius 1 is 1.21 bits per heavy atom. The summed E-state index contributed by atoms with van der Waals surface area (Å²) >= 11 is 0. The molecule has 29 heavy (non-hydrogen) atoms. The highest BCUT2D eigenvalue weighted by Gasteiger charge is 2.68. The van der Waals surface area contributed by atoms with Crippen molar-refractivity contribution in [1.82, 2.24) is 0 Å². The van der Waals surface area contributed by atoms with E-state index in [-0.39, 0.29) is 23.0 Å². The largest absolute Gasteiger partial charge is 0.446 e. The maximum Gasteiger partial charge on any atom is 0.307 e. The van der Waals surface area contributed by atoms with Gasteiger partial charge in [-0.2, -0.15) is 0 Å². The first-order valence-corrected chi connectivity index (χ1v) is 11.4. The molecule has 0 unspecified atom stereocenters. The number of Topliss-reactive ketones (excluding diaryl/α,β-unsaturated/α-hetero) is 1. The lowest BCUT2D eigenvalue weighted by atomic mass is 9.50. The van der Waals surface area contributed by atoms with Crippen LogP contribution in [0.2, 0.25) is 0 Å². The topological polar surface area (TPSA) is 60.4 Å². The van der Waals surface area contributed by atoms with Crippen LogP contribution in [0.25, 0.3) is 0 Å². The maximum atomic E-state index is 13.0. The van der Waals surface area contributed by atoms with Gasteiger partial charge in [0.25, 0.3) is 0 Å². The summed E-state index contributed by atoms with van der Waals surface area (Å²) in [5.74, 6) is 1.83. The van der Waals surface area contributed by atoms with Gasteiger partial charge in [-0.1, -0.05) is 26.0 Å². The van der Waals surface area contributed by atoms with Crippen molar-refractivity contribution >= 4 is 17.5 Å². The fraction of sp³-hybridized carbons (Fsp3) is 0.720. The Hall–Kier alpha value is -1.71. The van der Waals surface area contributed by atoms with Gasteiger partial charge in [0, 0.05) is 18.3 Å². The predicted octanol–water partition coefficient (Wildman–Crippen LogP) is 4.97. The van der Waals surface area contributed by atoms with Gasteiger partial charge >= 0.3 is 5.97 Å². The van der Waals surface area contributed by atoms with Crippen LogP contribution in [-0.2, 0) is 19.1 Å². The average molecular weight is 399 g/mol. The third-order valence-corrected chi connectivity index (χ3v) is 8.68. The Bertz CT molecular complexity index is 793. The second-order valence-electron chi connectivity index (χ2n) is 10.0. The molecule has 6 atom stereocenters. The molecule has 0 spiro atoms. The van der Waals surface area contributed by atoms with Crippen molar-refractivity contribution in [2.75, 3.05) is 0 Å². The summed E-state index contributed by atoms with van der Waals surface area (Å²) in [6, 6.07) is 0. The summed E-state index contributed by atoms with van der Waals surface area (Å²) in [5.41, 5.74) is 0.595. The first kappa shape index (κ1) is 20.6. The van der Waals surface area contributed by atoms with Crippen molar-refractivity contribution < 1.29 is 19.1 Å². The molecule has 158 valence electrons. The molecule has 4 nitrogen and oxygen atoms in total. The summed E-state index contributed by atoms with van der Waals surface area (Å²) in [7, 11) is 0. The first-order valence-electron chi connectivity index (χ1n) is 11.4. The number of ether oxygens (including phenoxy) is 1. The molecule has 0 heterocycles. The predicted molar refractivity (Wildman–Crippen MR) is 111 cm³/mol. The van der Waals surface area contributed by atoms with Crippen molar-refractivity contribution in [2.45, 2.75) is 84.2 Å². The summed E-state index contributed by atoms with van der Waals surface area (Å²) in [6.45, 7) is 9.97. The van der Waals surface area contributed by atoms with Gasteiger partial charge in [-0.25, -0.2) is 0 Å². The van der Waals surface area contributed by atoms with E-state index in [1.807, 2.05) is 13.0 Å². The third-order valence-electron chi connectivity index (χ3n) is 8.68. The Labute approximate surface area is 174 Å². The van der Waals surface area contributed by atoms with Gasteiger partial charge in [0.1, 0.15) is 0 Å². The zero-order valence-corrected chi connectivity index (χ0v) is 18.1. The van der Waals surface area contributed by atoms with E-state index in [9.17, 15) is 14.4 Å². The van der Waals surface area contributed by atoms with Crippen molar-refractivity contribution in [3.8, 4) is 0 Å².